The Balaban J connectivity index is 0.000000461. The maximum atomic E-state index is 3.26. The molecule has 1 aliphatic carbocycles. The van der Waals surface area contributed by atoms with Gasteiger partial charge in [-0.05, 0) is 12.8 Å². The molecule has 0 unspecified atom stereocenters. The predicted molar refractivity (Wildman–Crippen MR) is 62.3 cm³/mol. The van der Waals surface area contributed by atoms with E-state index in [-0.39, 0.29) is 0 Å². The van der Waals surface area contributed by atoms with E-state index in [1.807, 2.05) is 23.9 Å². The molecule has 0 spiro atoms. The van der Waals surface area contributed by atoms with Crippen molar-refractivity contribution >= 4 is 25.4 Å². The van der Waals surface area contributed by atoms with Crippen molar-refractivity contribution in [3.63, 3.8) is 0 Å². The fourth-order valence-electron chi connectivity index (χ4n) is 1.64. The second kappa shape index (κ2) is 7.90. The Kier molecular flexibility index (Phi) is 7.19. The van der Waals surface area contributed by atoms with Crippen LogP contribution in [-0.2, 0) is 16.3 Å². The summed E-state index contributed by atoms with van der Waals surface area (Å²) in [4.78, 5) is 1.31. The molecular formula is C11H13BrSZn. The van der Waals surface area contributed by atoms with E-state index in [1.54, 1.807) is 0 Å². The van der Waals surface area contributed by atoms with Crippen molar-refractivity contribution in [2.75, 3.05) is 0 Å². The average Bonchev–Trinajstić information content (AvgIpc) is 2.75. The zero-order chi connectivity index (χ0) is 10.2. The maximum Gasteiger partial charge on any atom is 0.00734 e. The van der Waals surface area contributed by atoms with E-state index in [4.69, 9.17) is 0 Å². The van der Waals surface area contributed by atoms with Crippen LogP contribution in [0.15, 0.2) is 29.2 Å². The van der Waals surface area contributed by atoms with Gasteiger partial charge in [-0.25, -0.2) is 0 Å². The Morgan fingerprint density at radius 2 is 2.00 bits per heavy atom. The number of hydrogen-bond acceptors (Lipinski definition) is 1. The van der Waals surface area contributed by atoms with Crippen molar-refractivity contribution in [2.45, 2.75) is 35.8 Å². The van der Waals surface area contributed by atoms with Crippen LogP contribution in [0.25, 0.3) is 0 Å². The van der Waals surface area contributed by atoms with Crippen LogP contribution in [0.2, 0.25) is 0 Å². The van der Waals surface area contributed by atoms with Gasteiger partial charge in [-0.3, -0.25) is 0 Å². The normalized spacial score (nSPS) is 16.2. The first-order valence-corrected chi connectivity index (χ1v) is 12.7. The number of hydrogen-bond donors (Lipinski definition) is 0. The van der Waals surface area contributed by atoms with E-state index < -0.39 is 0 Å². The van der Waals surface area contributed by atoms with Crippen molar-refractivity contribution < 1.29 is 16.3 Å². The van der Waals surface area contributed by atoms with Crippen LogP contribution in [0.3, 0.4) is 0 Å². The summed E-state index contributed by atoms with van der Waals surface area (Å²) in [5.41, 5.74) is 0. The molecule has 0 bridgehead atoms. The van der Waals surface area contributed by atoms with Gasteiger partial charge in [0.15, 0.2) is 0 Å². The van der Waals surface area contributed by atoms with Gasteiger partial charge in [0, 0.05) is 5.25 Å². The van der Waals surface area contributed by atoms with E-state index in [0.29, 0.717) is 0 Å². The molecule has 0 atom stereocenters. The Bertz CT molecular complexity index is 234. The molecule has 2 rings (SSSR count). The van der Waals surface area contributed by atoms with E-state index in [1.165, 1.54) is 46.9 Å². The Labute approximate surface area is 107 Å². The van der Waals surface area contributed by atoms with E-state index in [9.17, 15) is 0 Å². The Hall–Kier alpha value is 0.673. The van der Waals surface area contributed by atoms with Crippen LogP contribution in [-0.4, -0.2) is 5.25 Å². The quantitative estimate of drug-likeness (QED) is 0.576. The summed E-state index contributed by atoms with van der Waals surface area (Å²) in [6, 6.07) is 11.5. The molecule has 14 heavy (non-hydrogen) atoms. The van der Waals surface area contributed by atoms with Gasteiger partial charge in [0.2, 0.25) is 0 Å². The monoisotopic (exact) mass is 320 g/mol. The zero-order valence-electron chi connectivity index (χ0n) is 8.21. The van der Waals surface area contributed by atoms with Gasteiger partial charge >= 0.3 is 30.0 Å². The molecule has 0 saturated heterocycles. The Morgan fingerprint density at radius 1 is 1.29 bits per heavy atom. The summed E-state index contributed by atoms with van der Waals surface area (Å²) in [7, 11) is 0. The molecule has 0 heterocycles. The topological polar surface area (TPSA) is 0 Å². The fourth-order valence-corrected chi connectivity index (χ4v) is 2.86. The van der Waals surface area contributed by atoms with E-state index in [2.05, 4.69) is 31.8 Å². The molecule has 0 nitrogen and oxygen atoms in total. The zero-order valence-corrected chi connectivity index (χ0v) is 13.6. The molecule has 3 heteroatoms. The van der Waals surface area contributed by atoms with Gasteiger partial charge in [-0.2, -0.15) is 30.3 Å². The van der Waals surface area contributed by atoms with Crippen molar-refractivity contribution in [3.05, 3.63) is 30.3 Å². The van der Waals surface area contributed by atoms with Crippen LogP contribution in [0.5, 0.6) is 0 Å². The van der Waals surface area contributed by atoms with Crippen molar-refractivity contribution in [1.29, 1.82) is 0 Å². The molecule has 0 aromatic heterocycles. The molecular weight excluding hydrogens is 309 g/mol. The second-order valence-corrected chi connectivity index (χ2v) is 4.59. The number of rotatable bonds is 2. The minimum Gasteiger partial charge on any atom is -0.176 e. The Morgan fingerprint density at radius 3 is 2.57 bits per heavy atom. The SMILES string of the molecule is [Zn+][Br].[c-]1ccccc1SC1CCCC1. The van der Waals surface area contributed by atoms with E-state index >= 15 is 0 Å². The summed E-state index contributed by atoms with van der Waals surface area (Å²) in [6.45, 7) is 0. The molecule has 72 valence electrons. The third-order valence-corrected chi connectivity index (χ3v) is 3.59. The number of halogens is 1. The molecule has 1 aromatic carbocycles. The standard InChI is InChI=1S/C11H13S.BrH.Zn/c1-2-6-10(7-3-1)12-11-8-4-5-9-11;;/h1-3,6,11H,4-5,8-9H2;1H;/q-1;;+2/p-1. The van der Waals surface area contributed by atoms with Crippen LogP contribution < -0.4 is 0 Å². The summed E-state index contributed by atoms with van der Waals surface area (Å²) in [5.74, 6) is 0. The molecule has 1 aliphatic rings. The van der Waals surface area contributed by atoms with Gasteiger partial charge in [0.1, 0.15) is 0 Å². The summed E-state index contributed by atoms with van der Waals surface area (Å²) in [6.07, 6.45) is 5.63. The summed E-state index contributed by atoms with van der Waals surface area (Å²) >= 11 is 6.25. The largest absolute Gasteiger partial charge is 0.176 e. The van der Waals surface area contributed by atoms with Crippen LogP contribution in [0, 0.1) is 6.07 Å². The van der Waals surface area contributed by atoms with Crippen LogP contribution in [0.4, 0.5) is 0 Å². The van der Waals surface area contributed by atoms with Crippen LogP contribution >= 0.6 is 25.4 Å². The second-order valence-electron chi connectivity index (χ2n) is 3.25. The molecule has 0 N–H and O–H groups in total. The first-order valence-electron chi connectivity index (χ1n) is 4.85. The number of thioether (sulfide) groups is 1. The molecule has 0 aliphatic heterocycles. The molecule has 1 saturated carbocycles. The summed E-state index contributed by atoms with van der Waals surface area (Å²) in [5, 5.41) is 0.864. The van der Waals surface area contributed by atoms with Gasteiger partial charge in [-0.1, -0.05) is 12.8 Å². The maximum absolute atomic E-state index is 3.26. The average molecular weight is 323 g/mol. The van der Waals surface area contributed by atoms with E-state index in [0.717, 1.165) is 5.25 Å². The van der Waals surface area contributed by atoms with Crippen LogP contribution in [0.1, 0.15) is 25.7 Å². The van der Waals surface area contributed by atoms with Gasteiger partial charge < -0.3 is 0 Å². The molecule has 0 radical (unpaired) electrons. The van der Waals surface area contributed by atoms with Crippen molar-refractivity contribution in [1.82, 2.24) is 0 Å². The minimum absolute atomic E-state index is 0.864. The smallest absolute Gasteiger partial charge is 0.00734 e. The van der Waals surface area contributed by atoms with Gasteiger partial charge in [0.25, 0.3) is 0 Å². The third-order valence-electron chi connectivity index (χ3n) is 2.28. The first kappa shape index (κ1) is 12.7. The molecule has 1 aromatic rings. The van der Waals surface area contributed by atoms with Gasteiger partial charge in [-0.15, -0.1) is 16.7 Å². The first-order chi connectivity index (χ1) is 6.95. The number of benzene rings is 1. The molecule has 1 fully saturated rings. The van der Waals surface area contributed by atoms with Gasteiger partial charge in [0.05, 0.1) is 0 Å². The third kappa shape index (κ3) is 4.46. The fraction of sp³-hybridized carbons (Fsp3) is 0.455. The predicted octanol–water partition coefficient (Wildman–Crippen LogP) is 4.36. The van der Waals surface area contributed by atoms with Crippen molar-refractivity contribution in [3.8, 4) is 0 Å². The summed E-state index contributed by atoms with van der Waals surface area (Å²) < 4.78 is 0. The minimum atomic E-state index is 0.864. The molecule has 0 amide bonds. The van der Waals surface area contributed by atoms with Crippen molar-refractivity contribution in [2.24, 2.45) is 0 Å².